The molecule has 6 aromatic carbocycles. The zero-order chi connectivity index (χ0) is 52.1. The maximum Gasteiger partial charge on any atom is 0.270 e. The Bertz CT molecular complexity index is 3240. The summed E-state index contributed by atoms with van der Waals surface area (Å²) in [6.07, 6.45) is 11.2. The molecule has 0 bridgehead atoms. The molecule has 6 aromatic rings. The van der Waals surface area contributed by atoms with Crippen LogP contribution >= 0.6 is 0 Å². The van der Waals surface area contributed by atoms with Gasteiger partial charge in [-0.2, -0.15) is 9.15 Å². The third kappa shape index (κ3) is 8.56. The van der Waals surface area contributed by atoms with Gasteiger partial charge >= 0.3 is 0 Å². The molecule has 0 amide bonds. The van der Waals surface area contributed by atoms with Gasteiger partial charge in [0, 0.05) is 103 Å². The van der Waals surface area contributed by atoms with E-state index < -0.39 is 15.6 Å². The van der Waals surface area contributed by atoms with Crippen molar-refractivity contribution in [1.82, 2.24) is 0 Å². The highest BCUT2D eigenvalue weighted by atomic mass is 16.6. The van der Waals surface area contributed by atoms with Crippen LogP contribution in [0.4, 0.5) is 34.1 Å². The normalized spacial score (nSPS) is 18.2. The van der Waals surface area contributed by atoms with Crippen molar-refractivity contribution in [1.29, 1.82) is 0 Å². The number of para-hydroxylation sites is 3. The molecule has 72 heavy (non-hydrogen) atoms. The van der Waals surface area contributed by atoms with Crippen LogP contribution in [0, 0.1) is 30.3 Å². The quantitative estimate of drug-likeness (QED) is 0.0885. The minimum Gasteiger partial charge on any atom is -0.507 e. The third-order valence-electron chi connectivity index (χ3n) is 14.5. The van der Waals surface area contributed by atoms with E-state index in [-0.39, 0.29) is 51.2 Å². The number of nitro benzene ring substituents is 3. The Morgan fingerprint density at radius 1 is 0.569 bits per heavy atom. The molecule has 4 heterocycles. The highest BCUT2D eigenvalue weighted by molar-refractivity contribution is 6.06. The van der Waals surface area contributed by atoms with E-state index in [1.165, 1.54) is 59.2 Å². The van der Waals surface area contributed by atoms with Crippen LogP contribution in [0.5, 0.6) is 17.2 Å². The van der Waals surface area contributed by atoms with Crippen molar-refractivity contribution in [3.05, 3.63) is 209 Å². The number of benzene rings is 6. The topological polar surface area (TPSA) is 188 Å². The minimum atomic E-state index is -0.653. The number of fused-ring (bicyclic) bond motifs is 4. The molecule has 1 spiro atoms. The fraction of sp³-hybridized carbons (Fsp3) is 0.228. The smallest absolute Gasteiger partial charge is 0.270 e. The molecule has 0 aliphatic carbocycles. The molecule has 2 N–H and O–H groups in total. The first kappa shape index (κ1) is 49.7. The van der Waals surface area contributed by atoms with Crippen molar-refractivity contribution in [3.63, 3.8) is 0 Å². The van der Waals surface area contributed by atoms with Crippen LogP contribution in [0.15, 0.2) is 146 Å². The fourth-order valence-corrected chi connectivity index (χ4v) is 10.4. The Kier molecular flexibility index (Phi) is 12.8. The number of likely N-dealkylation sites (N-methyl/N-ethyl adjacent to an activating group) is 1. The van der Waals surface area contributed by atoms with Crippen LogP contribution in [0.25, 0.3) is 18.2 Å². The summed E-state index contributed by atoms with van der Waals surface area (Å²) in [4.78, 5) is 33.6. The van der Waals surface area contributed by atoms with E-state index in [9.17, 15) is 40.6 Å². The molecule has 0 radical (unpaired) electrons. The number of phenolic OH excluding ortho intramolecular Hbond substituents is 2. The van der Waals surface area contributed by atoms with Gasteiger partial charge in [-0.25, -0.2) is 0 Å². The van der Waals surface area contributed by atoms with Crippen LogP contribution in [0.2, 0.25) is 0 Å². The number of allylic oxidation sites excluding steroid dienone is 2. The molecule has 4 aliphatic rings. The summed E-state index contributed by atoms with van der Waals surface area (Å²) in [7, 11) is 6.02. The van der Waals surface area contributed by atoms with Gasteiger partial charge < -0.3 is 19.8 Å². The Morgan fingerprint density at radius 2 is 0.986 bits per heavy atom. The molecular formula is C57H58N6O9+2. The highest BCUT2D eigenvalue weighted by Crippen LogP contribution is 2.54. The second-order valence-corrected chi connectivity index (χ2v) is 19.7. The Hall–Kier alpha value is -8.72. The molecule has 0 saturated heterocycles. The van der Waals surface area contributed by atoms with E-state index in [4.69, 9.17) is 4.74 Å². The van der Waals surface area contributed by atoms with Crippen molar-refractivity contribution in [2.24, 2.45) is 0 Å². The first-order valence-corrected chi connectivity index (χ1v) is 23.2. The predicted octanol–water partition coefficient (Wildman–Crippen LogP) is 12.4. The first-order valence-electron chi connectivity index (χ1n) is 23.2. The lowest BCUT2D eigenvalue weighted by Gasteiger charge is -2.45. The maximum atomic E-state index is 11.0. The average molecular weight is 972 g/mol. The van der Waals surface area contributed by atoms with Gasteiger partial charge in [-0.05, 0) is 95.7 Å². The van der Waals surface area contributed by atoms with Crippen molar-refractivity contribution in [3.8, 4) is 17.2 Å². The van der Waals surface area contributed by atoms with Crippen LogP contribution in [-0.4, -0.2) is 72.4 Å². The number of rotatable bonds is 7. The molecule has 1 atom stereocenters. The molecule has 0 aromatic heterocycles. The number of phenols is 2. The summed E-state index contributed by atoms with van der Waals surface area (Å²) in [5.74, 6) is 0.706. The molecule has 10 rings (SSSR count). The van der Waals surface area contributed by atoms with E-state index in [1.54, 1.807) is 24.3 Å². The monoisotopic (exact) mass is 971 g/mol. The lowest BCUT2D eigenvalue weighted by Crippen LogP contribution is -2.58. The van der Waals surface area contributed by atoms with Crippen LogP contribution < -0.4 is 9.64 Å². The Morgan fingerprint density at radius 3 is 1.43 bits per heavy atom. The van der Waals surface area contributed by atoms with Gasteiger partial charge in [0.15, 0.2) is 11.4 Å². The van der Waals surface area contributed by atoms with E-state index in [0.29, 0.717) is 16.9 Å². The lowest BCUT2D eigenvalue weighted by molar-refractivity contribution is -0.401. The number of nitro groups is 3. The number of ether oxygens (including phenoxy) is 1. The molecule has 0 fully saturated rings. The van der Waals surface area contributed by atoms with Crippen molar-refractivity contribution in [2.45, 2.75) is 63.5 Å². The lowest BCUT2D eigenvalue weighted by atomic mass is 9.76. The van der Waals surface area contributed by atoms with Gasteiger partial charge in [-0.15, -0.1) is 0 Å². The number of hydrogen-bond acceptors (Lipinski definition) is 10. The van der Waals surface area contributed by atoms with Crippen LogP contribution in [0.1, 0.15) is 76.3 Å². The van der Waals surface area contributed by atoms with Gasteiger partial charge in [0.25, 0.3) is 17.1 Å². The molecule has 15 nitrogen and oxygen atoms in total. The third-order valence-corrected chi connectivity index (χ3v) is 14.5. The molecule has 1 unspecified atom stereocenters. The largest absolute Gasteiger partial charge is 0.507 e. The minimum absolute atomic E-state index is 0. The maximum absolute atomic E-state index is 11.0. The summed E-state index contributed by atoms with van der Waals surface area (Å²) in [5, 5.41) is 52.7. The van der Waals surface area contributed by atoms with Gasteiger partial charge in [0.2, 0.25) is 17.1 Å². The summed E-state index contributed by atoms with van der Waals surface area (Å²) in [6, 6.07) is 37.5. The van der Waals surface area contributed by atoms with Gasteiger partial charge in [0.1, 0.15) is 31.3 Å². The van der Waals surface area contributed by atoms with Crippen LogP contribution in [0.3, 0.4) is 0 Å². The van der Waals surface area contributed by atoms with Crippen LogP contribution in [-0.2, 0) is 16.2 Å². The van der Waals surface area contributed by atoms with Crippen molar-refractivity contribution in [2.75, 3.05) is 26.0 Å². The Labute approximate surface area is 418 Å². The van der Waals surface area contributed by atoms with Crippen molar-refractivity contribution >= 4 is 63.8 Å². The number of nitrogens with zero attached hydrogens (tertiary/aromatic N) is 6. The molecule has 368 valence electrons. The number of hydrogen-bond donors (Lipinski definition) is 2. The van der Waals surface area contributed by atoms with Gasteiger partial charge in [-0.3, -0.25) is 30.3 Å². The highest BCUT2D eigenvalue weighted by Gasteiger charge is 2.57. The average Bonchev–Trinajstić information content (AvgIpc) is 3.75. The van der Waals surface area contributed by atoms with E-state index in [2.05, 4.69) is 92.0 Å². The summed E-state index contributed by atoms with van der Waals surface area (Å²) < 4.78 is 10.7. The second-order valence-electron chi connectivity index (χ2n) is 19.7. The van der Waals surface area contributed by atoms with E-state index in [0.717, 1.165) is 34.0 Å². The standard InChI is InChI=1S/3C19H18N2O3.H2/c1-18(2)15-6-4-5-7-16(15)20(3)19(18)11-10-13-12-14(21(22)23)8-9-17(13)24-19;2*1-19(2)15-6-4-5-7-16(15)20(3)18(19)11-8-13-12-14(21(23)24)9-10-17(13)22;/h3*4-12H,1-3H3;1H/p+2/i;;;1+1. The van der Waals surface area contributed by atoms with Crippen molar-refractivity contribution < 1.29 is 40.3 Å². The van der Waals surface area contributed by atoms with Gasteiger partial charge in [0.05, 0.1) is 31.0 Å². The van der Waals surface area contributed by atoms with E-state index >= 15 is 0 Å². The molecule has 4 aliphatic heterocycles. The first-order chi connectivity index (χ1) is 34.0. The molecule has 0 saturated carbocycles. The molecule has 15 heteroatoms. The SMILES string of the molecule is CN1c2ccccc2C(C)(C)C12C=Cc1cc([N+](=O)[O-])ccc1O2.C[N+]1=C(/C=C/c2cc([N+](=O)[O-])ccc2O)C(C)(C)c2ccccc21.C[N+]1=C(/C=C\c2cc([N+](=O)[O-])ccc2O)C(C)(C)c2ccccc21.[2HH]. The second kappa shape index (κ2) is 18.6. The number of non-ortho nitro benzene ring substituents is 3. The van der Waals surface area contributed by atoms with Gasteiger partial charge in [-0.1, -0.05) is 54.6 Å². The number of anilines is 1. The summed E-state index contributed by atoms with van der Waals surface area (Å²) in [5.41, 5.74) is 9.53. The predicted molar refractivity (Wildman–Crippen MR) is 284 cm³/mol. The zero-order valence-corrected chi connectivity index (χ0v) is 41.5. The molecular weight excluding hydrogens is 913 g/mol. The number of aromatic hydroxyl groups is 2. The van der Waals surface area contributed by atoms with E-state index in [1.807, 2.05) is 81.8 Å². The zero-order valence-electron chi connectivity index (χ0n) is 41.5. The fourth-order valence-electron chi connectivity index (χ4n) is 10.4. The summed E-state index contributed by atoms with van der Waals surface area (Å²) >= 11 is 0. The summed E-state index contributed by atoms with van der Waals surface area (Å²) in [6.45, 7) is 12.9. The Balaban J connectivity index is 0.000000159.